The number of halogens is 2. The summed E-state index contributed by atoms with van der Waals surface area (Å²) < 4.78 is 26.5. The largest absolute Gasteiger partial charge is 0.381 e. The van der Waals surface area contributed by atoms with E-state index in [0.29, 0.717) is 16.6 Å². The summed E-state index contributed by atoms with van der Waals surface area (Å²) in [5.74, 6) is -2.17. The summed E-state index contributed by atoms with van der Waals surface area (Å²) in [6.45, 7) is 1.41. The molecule has 3 N–H and O–H groups in total. The van der Waals surface area contributed by atoms with E-state index in [-0.39, 0.29) is 16.8 Å². The van der Waals surface area contributed by atoms with E-state index in [0.717, 1.165) is 11.8 Å². The Bertz CT molecular complexity index is 647. The lowest BCUT2D eigenvalue weighted by Gasteiger charge is -2.06. The van der Waals surface area contributed by atoms with Gasteiger partial charge < -0.3 is 11.1 Å². The van der Waals surface area contributed by atoms with Gasteiger partial charge in [0, 0.05) is 23.6 Å². The standard InChI is InChI=1S/C13H11F2N3OS/c1-7(19)17-8-2-4-9(5-3-8)20-13-11(15)6-10(14)12(16)18-13/h2-6H,1H3,(H2,16,18)(H,17,19). The van der Waals surface area contributed by atoms with Crippen molar-refractivity contribution in [3.05, 3.63) is 42.0 Å². The molecule has 0 aliphatic rings. The van der Waals surface area contributed by atoms with Gasteiger partial charge in [0.25, 0.3) is 0 Å². The van der Waals surface area contributed by atoms with Crippen LogP contribution in [0.15, 0.2) is 40.3 Å². The molecule has 0 unspecified atom stereocenters. The average Bonchev–Trinajstić information content (AvgIpc) is 2.37. The van der Waals surface area contributed by atoms with Gasteiger partial charge in [0.2, 0.25) is 5.91 Å². The summed E-state index contributed by atoms with van der Waals surface area (Å²) in [4.78, 5) is 15.2. The Morgan fingerprint density at radius 2 is 1.90 bits per heavy atom. The quantitative estimate of drug-likeness (QED) is 0.913. The number of carbonyl (C=O) groups is 1. The molecule has 1 aromatic carbocycles. The number of nitrogens with one attached hydrogen (secondary N) is 1. The van der Waals surface area contributed by atoms with Crippen LogP contribution in [-0.2, 0) is 4.79 Å². The highest BCUT2D eigenvalue weighted by atomic mass is 32.2. The van der Waals surface area contributed by atoms with Gasteiger partial charge in [-0.2, -0.15) is 0 Å². The van der Waals surface area contributed by atoms with E-state index < -0.39 is 11.6 Å². The predicted octanol–water partition coefficient (Wildman–Crippen LogP) is 3.05. The fraction of sp³-hybridized carbons (Fsp3) is 0.0769. The fourth-order valence-corrected chi connectivity index (χ4v) is 2.25. The maximum atomic E-state index is 13.5. The molecule has 0 aliphatic heterocycles. The molecule has 0 bridgehead atoms. The number of nitrogens with zero attached hydrogens (tertiary/aromatic N) is 1. The minimum Gasteiger partial charge on any atom is -0.381 e. The molecule has 0 saturated carbocycles. The third kappa shape index (κ3) is 3.45. The van der Waals surface area contributed by atoms with Crippen LogP contribution in [0.4, 0.5) is 20.3 Å². The van der Waals surface area contributed by atoms with E-state index in [2.05, 4.69) is 10.3 Å². The van der Waals surface area contributed by atoms with E-state index in [9.17, 15) is 13.6 Å². The van der Waals surface area contributed by atoms with Crippen molar-refractivity contribution in [2.45, 2.75) is 16.8 Å². The Morgan fingerprint density at radius 3 is 2.50 bits per heavy atom. The maximum Gasteiger partial charge on any atom is 0.221 e. The lowest BCUT2D eigenvalue weighted by atomic mass is 10.3. The lowest BCUT2D eigenvalue weighted by Crippen LogP contribution is -2.05. The molecule has 2 aromatic rings. The van der Waals surface area contributed by atoms with Crippen molar-refractivity contribution in [2.24, 2.45) is 0 Å². The van der Waals surface area contributed by atoms with E-state index in [1.165, 1.54) is 6.92 Å². The Hall–Kier alpha value is -2.15. The molecule has 20 heavy (non-hydrogen) atoms. The van der Waals surface area contributed by atoms with Gasteiger partial charge in [-0.05, 0) is 24.3 Å². The highest BCUT2D eigenvalue weighted by Crippen LogP contribution is 2.30. The molecule has 1 heterocycles. The van der Waals surface area contributed by atoms with Crippen molar-refractivity contribution >= 4 is 29.2 Å². The van der Waals surface area contributed by atoms with Gasteiger partial charge in [-0.25, -0.2) is 13.8 Å². The first-order valence-corrected chi connectivity index (χ1v) is 6.44. The number of anilines is 2. The normalized spacial score (nSPS) is 10.3. The lowest BCUT2D eigenvalue weighted by molar-refractivity contribution is -0.114. The molecule has 0 saturated heterocycles. The first-order valence-electron chi connectivity index (χ1n) is 5.62. The van der Waals surface area contributed by atoms with Gasteiger partial charge in [0.15, 0.2) is 17.5 Å². The van der Waals surface area contributed by atoms with Crippen LogP contribution in [0.1, 0.15) is 6.92 Å². The summed E-state index contributed by atoms with van der Waals surface area (Å²) in [6.07, 6.45) is 0. The Morgan fingerprint density at radius 1 is 1.25 bits per heavy atom. The van der Waals surface area contributed by atoms with Crippen LogP contribution in [0, 0.1) is 11.6 Å². The number of aromatic nitrogens is 1. The Balaban J connectivity index is 2.18. The Kier molecular flexibility index (Phi) is 4.19. The van der Waals surface area contributed by atoms with Gasteiger partial charge in [-0.15, -0.1) is 0 Å². The van der Waals surface area contributed by atoms with Crippen LogP contribution in [0.25, 0.3) is 0 Å². The molecule has 7 heteroatoms. The molecular formula is C13H11F2N3OS. The summed E-state index contributed by atoms with van der Waals surface area (Å²) in [6, 6.07) is 7.44. The van der Waals surface area contributed by atoms with Crippen molar-refractivity contribution in [2.75, 3.05) is 11.1 Å². The maximum absolute atomic E-state index is 13.5. The van der Waals surface area contributed by atoms with Crippen molar-refractivity contribution in [1.82, 2.24) is 4.98 Å². The zero-order valence-electron chi connectivity index (χ0n) is 10.5. The fourth-order valence-electron chi connectivity index (χ4n) is 1.46. The van der Waals surface area contributed by atoms with Crippen molar-refractivity contribution in [3.63, 3.8) is 0 Å². The number of hydrogen-bond donors (Lipinski definition) is 2. The molecule has 104 valence electrons. The summed E-state index contributed by atoms with van der Waals surface area (Å²) in [5.41, 5.74) is 5.94. The molecule has 0 radical (unpaired) electrons. The van der Waals surface area contributed by atoms with Crippen LogP contribution in [0.3, 0.4) is 0 Å². The second-order valence-corrected chi connectivity index (χ2v) is 5.01. The van der Waals surface area contributed by atoms with Crippen molar-refractivity contribution in [3.8, 4) is 0 Å². The van der Waals surface area contributed by atoms with E-state index >= 15 is 0 Å². The monoisotopic (exact) mass is 295 g/mol. The first kappa shape index (κ1) is 14.3. The number of benzene rings is 1. The highest BCUT2D eigenvalue weighted by Gasteiger charge is 2.11. The number of amides is 1. The number of pyridine rings is 1. The third-order valence-corrected chi connectivity index (χ3v) is 3.30. The molecule has 0 aliphatic carbocycles. The van der Waals surface area contributed by atoms with Gasteiger partial charge in [0.05, 0.1) is 0 Å². The van der Waals surface area contributed by atoms with Gasteiger partial charge in [-0.3, -0.25) is 4.79 Å². The van der Waals surface area contributed by atoms with Crippen LogP contribution in [-0.4, -0.2) is 10.9 Å². The van der Waals surface area contributed by atoms with E-state index in [1.807, 2.05) is 0 Å². The number of hydrogen-bond acceptors (Lipinski definition) is 4. The molecule has 0 fully saturated rings. The van der Waals surface area contributed by atoms with Crippen LogP contribution in [0.5, 0.6) is 0 Å². The SMILES string of the molecule is CC(=O)Nc1ccc(Sc2nc(N)c(F)cc2F)cc1. The van der Waals surface area contributed by atoms with Gasteiger partial charge >= 0.3 is 0 Å². The number of carbonyl (C=O) groups excluding carboxylic acids is 1. The topological polar surface area (TPSA) is 68.0 Å². The number of nitrogen functional groups attached to an aromatic ring is 1. The molecular weight excluding hydrogens is 284 g/mol. The minimum atomic E-state index is -0.882. The van der Waals surface area contributed by atoms with E-state index in [1.54, 1.807) is 24.3 Å². The molecule has 0 spiro atoms. The summed E-state index contributed by atoms with van der Waals surface area (Å²) in [5, 5.41) is 2.61. The molecule has 4 nitrogen and oxygen atoms in total. The highest BCUT2D eigenvalue weighted by molar-refractivity contribution is 7.99. The number of rotatable bonds is 3. The zero-order chi connectivity index (χ0) is 14.7. The Labute approximate surface area is 118 Å². The van der Waals surface area contributed by atoms with Crippen LogP contribution in [0.2, 0.25) is 0 Å². The third-order valence-electron chi connectivity index (χ3n) is 2.31. The second kappa shape index (κ2) is 5.87. The molecule has 1 aromatic heterocycles. The first-order chi connectivity index (χ1) is 9.45. The molecule has 1 amide bonds. The van der Waals surface area contributed by atoms with Crippen LogP contribution >= 0.6 is 11.8 Å². The van der Waals surface area contributed by atoms with Crippen LogP contribution < -0.4 is 11.1 Å². The average molecular weight is 295 g/mol. The number of nitrogens with two attached hydrogens (primary N) is 1. The van der Waals surface area contributed by atoms with Crippen molar-refractivity contribution < 1.29 is 13.6 Å². The van der Waals surface area contributed by atoms with Crippen molar-refractivity contribution in [1.29, 1.82) is 0 Å². The summed E-state index contributed by atoms with van der Waals surface area (Å²) in [7, 11) is 0. The van der Waals surface area contributed by atoms with Gasteiger partial charge in [0.1, 0.15) is 5.03 Å². The second-order valence-electron chi connectivity index (χ2n) is 3.95. The smallest absolute Gasteiger partial charge is 0.221 e. The molecule has 2 rings (SSSR count). The predicted molar refractivity (Wildman–Crippen MR) is 73.4 cm³/mol. The zero-order valence-corrected chi connectivity index (χ0v) is 11.3. The summed E-state index contributed by atoms with van der Waals surface area (Å²) >= 11 is 1.02. The molecule has 0 atom stereocenters. The minimum absolute atomic E-state index is 0.00354. The van der Waals surface area contributed by atoms with E-state index in [4.69, 9.17) is 5.73 Å². The van der Waals surface area contributed by atoms with Gasteiger partial charge in [-0.1, -0.05) is 11.8 Å².